The van der Waals surface area contributed by atoms with Gasteiger partial charge in [0, 0.05) is 5.56 Å². The molecular formula is C8H12N2O4S. The molecule has 1 aromatic heterocycles. The van der Waals surface area contributed by atoms with E-state index in [1.807, 2.05) is 0 Å². The van der Waals surface area contributed by atoms with Crippen molar-refractivity contribution in [3.63, 3.8) is 0 Å². The van der Waals surface area contributed by atoms with Gasteiger partial charge in [0.05, 0.1) is 30.4 Å². The summed E-state index contributed by atoms with van der Waals surface area (Å²) in [5.74, 6) is -0.0672. The van der Waals surface area contributed by atoms with Crippen molar-refractivity contribution >= 4 is 9.84 Å². The van der Waals surface area contributed by atoms with Crippen LogP contribution < -0.4 is 5.56 Å². The van der Waals surface area contributed by atoms with E-state index in [0.717, 1.165) is 0 Å². The number of hydrogen-bond acceptors (Lipinski definition) is 4. The molecule has 0 bridgehead atoms. The maximum Gasteiger partial charge on any atom is 0.270 e. The largest absolute Gasteiger partial charge is 0.394 e. The average molecular weight is 232 g/mol. The third-order valence-electron chi connectivity index (χ3n) is 2.49. The molecule has 1 aliphatic rings. The van der Waals surface area contributed by atoms with Crippen molar-refractivity contribution in [3.8, 4) is 0 Å². The van der Waals surface area contributed by atoms with Crippen molar-refractivity contribution in [3.05, 3.63) is 21.6 Å². The second-order valence-electron chi connectivity index (χ2n) is 3.59. The first-order valence-corrected chi connectivity index (χ1v) is 6.47. The van der Waals surface area contributed by atoms with Crippen LogP contribution >= 0.6 is 0 Å². The van der Waals surface area contributed by atoms with Crippen LogP contribution in [0.2, 0.25) is 0 Å². The number of rotatable bonds is 2. The molecule has 0 amide bonds. The first-order valence-electron chi connectivity index (χ1n) is 4.65. The molecule has 0 aliphatic carbocycles. The fraction of sp³-hybridized carbons (Fsp3) is 0.625. The zero-order valence-corrected chi connectivity index (χ0v) is 8.88. The Morgan fingerprint density at radius 1 is 1.47 bits per heavy atom. The Morgan fingerprint density at radius 2 is 2.20 bits per heavy atom. The molecule has 6 nitrogen and oxygen atoms in total. The second kappa shape index (κ2) is 3.49. The first kappa shape index (κ1) is 10.4. The molecule has 7 heteroatoms. The first-order chi connectivity index (χ1) is 7.03. The van der Waals surface area contributed by atoms with Gasteiger partial charge in [-0.1, -0.05) is 0 Å². The number of aromatic nitrogens is 2. The molecule has 0 saturated heterocycles. The Morgan fingerprint density at radius 3 is 2.87 bits per heavy atom. The predicted molar refractivity (Wildman–Crippen MR) is 53.3 cm³/mol. The summed E-state index contributed by atoms with van der Waals surface area (Å²) in [5, 5.41) is 11.4. The molecule has 0 radical (unpaired) electrons. The van der Waals surface area contributed by atoms with Gasteiger partial charge in [-0.3, -0.25) is 14.6 Å². The minimum absolute atomic E-state index is 0.0339. The normalized spacial score (nSPS) is 18.7. The molecule has 1 aromatic rings. The number of fused-ring (bicyclic) bond motifs is 1. The maximum absolute atomic E-state index is 11.6. The quantitative estimate of drug-likeness (QED) is 0.658. The fourth-order valence-corrected chi connectivity index (χ4v) is 3.10. The van der Waals surface area contributed by atoms with E-state index in [9.17, 15) is 13.2 Å². The van der Waals surface area contributed by atoms with Gasteiger partial charge in [-0.25, -0.2) is 8.42 Å². The number of aromatic amines is 1. The predicted octanol–water partition coefficient (Wildman–Crippen LogP) is -1.36. The van der Waals surface area contributed by atoms with Gasteiger partial charge in [-0.2, -0.15) is 0 Å². The van der Waals surface area contributed by atoms with Gasteiger partial charge in [0.2, 0.25) is 0 Å². The van der Waals surface area contributed by atoms with E-state index in [1.165, 1.54) is 4.68 Å². The number of nitrogens with zero attached hydrogens (tertiary/aromatic N) is 1. The minimum atomic E-state index is -3.06. The lowest BCUT2D eigenvalue weighted by molar-refractivity contribution is 0.267. The summed E-state index contributed by atoms with van der Waals surface area (Å²) in [6.45, 7) is 0.0257. The lowest BCUT2D eigenvalue weighted by Crippen LogP contribution is -2.24. The van der Waals surface area contributed by atoms with E-state index in [1.54, 1.807) is 0 Å². The van der Waals surface area contributed by atoms with Crippen molar-refractivity contribution in [1.82, 2.24) is 9.78 Å². The lowest BCUT2D eigenvalue weighted by atomic mass is 10.2. The van der Waals surface area contributed by atoms with Gasteiger partial charge in [0.25, 0.3) is 5.56 Å². The molecule has 0 atom stereocenters. The molecule has 0 saturated carbocycles. The summed E-state index contributed by atoms with van der Waals surface area (Å²) in [7, 11) is -3.06. The van der Waals surface area contributed by atoms with E-state index >= 15 is 0 Å². The third kappa shape index (κ3) is 1.84. The monoisotopic (exact) mass is 232 g/mol. The van der Waals surface area contributed by atoms with Crippen LogP contribution in [0.1, 0.15) is 11.3 Å². The highest BCUT2D eigenvalue weighted by Gasteiger charge is 2.26. The van der Waals surface area contributed by atoms with Crippen molar-refractivity contribution < 1.29 is 13.5 Å². The minimum Gasteiger partial charge on any atom is -0.394 e. The molecule has 2 N–H and O–H groups in total. The van der Waals surface area contributed by atoms with E-state index in [4.69, 9.17) is 5.11 Å². The summed E-state index contributed by atoms with van der Waals surface area (Å²) >= 11 is 0. The number of sulfone groups is 1. The summed E-state index contributed by atoms with van der Waals surface area (Å²) in [6.07, 6.45) is 0.269. The van der Waals surface area contributed by atoms with Crippen LogP contribution in [0.4, 0.5) is 0 Å². The Hall–Kier alpha value is -1.08. The summed E-state index contributed by atoms with van der Waals surface area (Å²) < 4.78 is 23.9. The van der Waals surface area contributed by atoms with Gasteiger partial charge < -0.3 is 5.11 Å². The third-order valence-corrected chi connectivity index (χ3v) is 4.04. The van der Waals surface area contributed by atoms with E-state index in [2.05, 4.69) is 5.10 Å². The van der Waals surface area contributed by atoms with Crippen molar-refractivity contribution in [2.24, 2.45) is 0 Å². The van der Waals surface area contributed by atoms with E-state index < -0.39 is 9.84 Å². The standard InChI is InChI=1S/C8H12N2O4S/c11-3-2-10-8(12)6-1-4-15(13,14)5-7(6)9-10/h9,11H,1-5H2. The summed E-state index contributed by atoms with van der Waals surface area (Å²) in [6, 6.07) is 0. The van der Waals surface area contributed by atoms with E-state index in [-0.39, 0.29) is 36.6 Å². The smallest absolute Gasteiger partial charge is 0.270 e. The Bertz CT molecular complexity index is 525. The Kier molecular flexibility index (Phi) is 2.43. The van der Waals surface area contributed by atoms with Crippen LogP contribution in [-0.4, -0.2) is 35.7 Å². The second-order valence-corrected chi connectivity index (χ2v) is 5.78. The lowest BCUT2D eigenvalue weighted by Gasteiger charge is -2.09. The fourth-order valence-electron chi connectivity index (χ4n) is 1.76. The molecule has 0 fully saturated rings. The van der Waals surface area contributed by atoms with Crippen LogP contribution in [0, 0.1) is 0 Å². The van der Waals surface area contributed by atoms with Crippen molar-refractivity contribution in [2.45, 2.75) is 18.7 Å². The van der Waals surface area contributed by atoms with Crippen LogP contribution in [-0.2, 0) is 28.6 Å². The zero-order chi connectivity index (χ0) is 11.1. The molecule has 2 heterocycles. The van der Waals surface area contributed by atoms with Gasteiger partial charge in [-0.15, -0.1) is 0 Å². The van der Waals surface area contributed by atoms with Crippen molar-refractivity contribution in [1.29, 1.82) is 0 Å². The highest BCUT2D eigenvalue weighted by molar-refractivity contribution is 7.90. The zero-order valence-electron chi connectivity index (χ0n) is 8.06. The molecule has 1 aliphatic heterocycles. The highest BCUT2D eigenvalue weighted by atomic mass is 32.2. The highest BCUT2D eigenvalue weighted by Crippen LogP contribution is 2.15. The summed E-state index contributed by atoms with van der Waals surface area (Å²) in [4.78, 5) is 11.6. The number of aliphatic hydroxyl groups is 1. The van der Waals surface area contributed by atoms with Gasteiger partial charge in [0.15, 0.2) is 9.84 Å². The van der Waals surface area contributed by atoms with Crippen molar-refractivity contribution in [2.75, 3.05) is 12.4 Å². The van der Waals surface area contributed by atoms with Gasteiger partial charge in [0.1, 0.15) is 0 Å². The molecule has 2 rings (SSSR count). The number of nitrogens with one attached hydrogen (secondary N) is 1. The van der Waals surface area contributed by atoms with Gasteiger partial charge in [-0.05, 0) is 6.42 Å². The van der Waals surface area contributed by atoms with Crippen LogP contribution in [0.3, 0.4) is 0 Å². The number of H-pyrrole nitrogens is 1. The molecule has 0 unspecified atom stereocenters. The molecule has 0 spiro atoms. The molecule has 15 heavy (non-hydrogen) atoms. The van der Waals surface area contributed by atoms with E-state index in [0.29, 0.717) is 11.3 Å². The number of aliphatic hydroxyl groups excluding tert-OH is 1. The van der Waals surface area contributed by atoms with Crippen LogP contribution in [0.5, 0.6) is 0 Å². The Labute approximate surface area is 86.4 Å². The van der Waals surface area contributed by atoms with Crippen LogP contribution in [0.25, 0.3) is 0 Å². The average Bonchev–Trinajstić information content (AvgIpc) is 2.42. The molecular weight excluding hydrogens is 220 g/mol. The number of hydrogen-bond donors (Lipinski definition) is 2. The summed E-state index contributed by atoms with van der Waals surface area (Å²) in [5.41, 5.74) is 0.798. The maximum atomic E-state index is 11.6. The Balaban J connectivity index is 2.46. The van der Waals surface area contributed by atoms with Gasteiger partial charge >= 0.3 is 0 Å². The molecule has 84 valence electrons. The topological polar surface area (TPSA) is 92.2 Å². The van der Waals surface area contributed by atoms with Crippen LogP contribution in [0.15, 0.2) is 4.79 Å². The SMILES string of the molecule is O=c1c2c([nH]n1CCO)CS(=O)(=O)CC2. The molecule has 0 aromatic carbocycles.